The van der Waals surface area contributed by atoms with Gasteiger partial charge in [-0.3, -0.25) is 14.4 Å². The van der Waals surface area contributed by atoms with Crippen LogP contribution < -0.4 is 14.2 Å². The SMILES string of the molecule is CCC(=O)Oc1cc(OC=O)cc(OC(=O)CC)c1. The highest BCUT2D eigenvalue weighted by molar-refractivity contribution is 5.74. The van der Waals surface area contributed by atoms with E-state index in [1.807, 2.05) is 0 Å². The molecule has 0 fully saturated rings. The topological polar surface area (TPSA) is 78.9 Å². The minimum absolute atomic E-state index is 0.121. The molecule has 1 rings (SSSR count). The molecule has 0 saturated carbocycles. The molecular weight excluding hydrogens is 252 g/mol. The standard InChI is InChI=1S/C13H14O6/c1-3-12(15)18-10-5-9(17-8-14)6-11(7-10)19-13(16)4-2/h5-8H,3-4H2,1-2H3. The van der Waals surface area contributed by atoms with Crippen LogP contribution in [0, 0.1) is 0 Å². The highest BCUT2D eigenvalue weighted by atomic mass is 16.6. The molecule has 0 amide bonds. The Kier molecular flexibility index (Phi) is 5.53. The maximum absolute atomic E-state index is 11.2. The van der Waals surface area contributed by atoms with Crippen molar-refractivity contribution in [3.63, 3.8) is 0 Å². The van der Waals surface area contributed by atoms with Gasteiger partial charge in [-0.2, -0.15) is 0 Å². The first-order valence-electron chi connectivity index (χ1n) is 5.75. The average molecular weight is 266 g/mol. The average Bonchev–Trinajstić information content (AvgIpc) is 2.38. The zero-order chi connectivity index (χ0) is 14.3. The molecule has 1 aromatic carbocycles. The molecule has 0 aromatic heterocycles. The molecule has 0 spiro atoms. The Morgan fingerprint density at radius 1 is 0.947 bits per heavy atom. The lowest BCUT2D eigenvalue weighted by atomic mass is 10.3. The Balaban J connectivity index is 2.99. The lowest BCUT2D eigenvalue weighted by Gasteiger charge is -2.08. The van der Waals surface area contributed by atoms with Crippen LogP contribution in [0.25, 0.3) is 0 Å². The van der Waals surface area contributed by atoms with E-state index in [2.05, 4.69) is 4.74 Å². The highest BCUT2D eigenvalue weighted by Crippen LogP contribution is 2.28. The van der Waals surface area contributed by atoms with Crippen molar-refractivity contribution in [3.05, 3.63) is 18.2 Å². The second kappa shape index (κ2) is 7.15. The summed E-state index contributed by atoms with van der Waals surface area (Å²) in [5, 5.41) is 0. The predicted molar refractivity (Wildman–Crippen MR) is 65.0 cm³/mol. The number of carbonyl (C=O) groups is 3. The Bertz CT molecular complexity index is 444. The van der Waals surface area contributed by atoms with Crippen molar-refractivity contribution >= 4 is 18.4 Å². The maximum Gasteiger partial charge on any atom is 0.310 e. The number of esters is 2. The van der Waals surface area contributed by atoms with Gasteiger partial charge in [0.2, 0.25) is 0 Å². The van der Waals surface area contributed by atoms with Crippen LogP contribution in [0.2, 0.25) is 0 Å². The molecule has 6 heteroatoms. The van der Waals surface area contributed by atoms with Crippen LogP contribution in [0.15, 0.2) is 18.2 Å². The molecule has 0 unspecified atom stereocenters. The van der Waals surface area contributed by atoms with Gasteiger partial charge < -0.3 is 14.2 Å². The third-order valence-corrected chi connectivity index (χ3v) is 2.08. The molecule has 0 aliphatic carbocycles. The van der Waals surface area contributed by atoms with Gasteiger partial charge in [0.25, 0.3) is 6.47 Å². The van der Waals surface area contributed by atoms with Crippen molar-refractivity contribution in [1.29, 1.82) is 0 Å². The molecular formula is C13H14O6. The van der Waals surface area contributed by atoms with E-state index in [1.165, 1.54) is 18.2 Å². The van der Waals surface area contributed by atoms with Gasteiger partial charge >= 0.3 is 11.9 Å². The molecule has 102 valence electrons. The second-order valence-corrected chi connectivity index (χ2v) is 3.51. The maximum atomic E-state index is 11.2. The van der Waals surface area contributed by atoms with Crippen molar-refractivity contribution in [2.45, 2.75) is 26.7 Å². The van der Waals surface area contributed by atoms with Crippen molar-refractivity contribution in [2.75, 3.05) is 0 Å². The van der Waals surface area contributed by atoms with Gasteiger partial charge in [0.1, 0.15) is 17.2 Å². The molecule has 0 aliphatic rings. The summed E-state index contributed by atoms with van der Waals surface area (Å²) in [6.07, 6.45) is 0.395. The van der Waals surface area contributed by atoms with Gasteiger partial charge in [0, 0.05) is 31.0 Å². The smallest absolute Gasteiger partial charge is 0.310 e. The fourth-order valence-electron chi connectivity index (χ4n) is 1.19. The molecule has 6 nitrogen and oxygen atoms in total. The number of hydrogen-bond acceptors (Lipinski definition) is 6. The number of carbonyl (C=O) groups excluding carboxylic acids is 3. The molecule has 0 radical (unpaired) electrons. The molecule has 1 aromatic rings. The summed E-state index contributed by atoms with van der Waals surface area (Å²) in [6, 6.07) is 4.08. The zero-order valence-corrected chi connectivity index (χ0v) is 10.7. The van der Waals surface area contributed by atoms with Crippen LogP contribution in [0.1, 0.15) is 26.7 Å². The Morgan fingerprint density at radius 3 is 1.74 bits per heavy atom. The summed E-state index contributed by atoms with van der Waals surface area (Å²) in [5.74, 6) is -0.488. The minimum Gasteiger partial charge on any atom is -0.428 e. The van der Waals surface area contributed by atoms with Crippen molar-refractivity contribution < 1.29 is 28.6 Å². The van der Waals surface area contributed by atoms with Gasteiger partial charge in [-0.05, 0) is 0 Å². The first-order valence-corrected chi connectivity index (χ1v) is 5.75. The molecule has 19 heavy (non-hydrogen) atoms. The quantitative estimate of drug-likeness (QED) is 0.444. The third kappa shape index (κ3) is 4.79. The van der Waals surface area contributed by atoms with E-state index in [0.29, 0.717) is 0 Å². The fourth-order valence-corrected chi connectivity index (χ4v) is 1.19. The normalized spacial score (nSPS) is 9.58. The lowest BCUT2D eigenvalue weighted by molar-refractivity contribution is -0.134. The molecule has 0 saturated heterocycles. The minimum atomic E-state index is -0.448. The number of rotatable bonds is 6. The molecule has 0 bridgehead atoms. The highest BCUT2D eigenvalue weighted by Gasteiger charge is 2.10. The Labute approximate surface area is 110 Å². The van der Waals surface area contributed by atoms with Crippen molar-refractivity contribution in [2.24, 2.45) is 0 Å². The summed E-state index contributed by atoms with van der Waals surface area (Å²) in [5.41, 5.74) is 0. The summed E-state index contributed by atoms with van der Waals surface area (Å²) in [4.78, 5) is 32.7. The van der Waals surface area contributed by atoms with Gasteiger partial charge in [-0.15, -0.1) is 0 Å². The van der Waals surface area contributed by atoms with Crippen LogP contribution in [-0.4, -0.2) is 18.4 Å². The Hall–Kier alpha value is -2.37. The summed E-state index contributed by atoms with van der Waals surface area (Å²) >= 11 is 0. The molecule has 0 aliphatic heterocycles. The van der Waals surface area contributed by atoms with Gasteiger partial charge in [-0.1, -0.05) is 13.8 Å². The Morgan fingerprint density at radius 2 is 1.37 bits per heavy atom. The number of ether oxygens (including phenoxy) is 3. The van der Waals surface area contributed by atoms with E-state index in [4.69, 9.17) is 9.47 Å². The van der Waals surface area contributed by atoms with E-state index < -0.39 is 11.9 Å². The second-order valence-electron chi connectivity index (χ2n) is 3.51. The van der Waals surface area contributed by atoms with Crippen molar-refractivity contribution in [1.82, 2.24) is 0 Å². The van der Waals surface area contributed by atoms with Crippen LogP contribution >= 0.6 is 0 Å². The van der Waals surface area contributed by atoms with E-state index >= 15 is 0 Å². The van der Waals surface area contributed by atoms with Gasteiger partial charge in [0.15, 0.2) is 0 Å². The van der Waals surface area contributed by atoms with Crippen LogP contribution in [0.4, 0.5) is 0 Å². The fraction of sp³-hybridized carbons (Fsp3) is 0.308. The number of hydrogen-bond donors (Lipinski definition) is 0. The summed E-state index contributed by atoms with van der Waals surface area (Å²) < 4.78 is 14.6. The lowest BCUT2D eigenvalue weighted by Crippen LogP contribution is -2.08. The zero-order valence-electron chi connectivity index (χ0n) is 10.7. The molecule has 0 atom stereocenters. The van der Waals surface area contributed by atoms with Crippen LogP contribution in [0.5, 0.6) is 17.2 Å². The van der Waals surface area contributed by atoms with E-state index in [-0.39, 0.29) is 36.6 Å². The molecule has 0 N–H and O–H groups in total. The molecule has 0 heterocycles. The van der Waals surface area contributed by atoms with Crippen LogP contribution in [-0.2, 0) is 14.4 Å². The predicted octanol–water partition coefficient (Wildman–Crippen LogP) is 1.85. The van der Waals surface area contributed by atoms with Gasteiger partial charge in [0.05, 0.1) is 0 Å². The van der Waals surface area contributed by atoms with E-state index in [9.17, 15) is 14.4 Å². The van der Waals surface area contributed by atoms with Gasteiger partial charge in [-0.25, -0.2) is 0 Å². The van der Waals surface area contributed by atoms with Crippen LogP contribution in [0.3, 0.4) is 0 Å². The first kappa shape index (κ1) is 14.7. The van der Waals surface area contributed by atoms with E-state index in [1.54, 1.807) is 13.8 Å². The monoisotopic (exact) mass is 266 g/mol. The largest absolute Gasteiger partial charge is 0.428 e. The van der Waals surface area contributed by atoms with Crippen molar-refractivity contribution in [3.8, 4) is 17.2 Å². The number of benzene rings is 1. The third-order valence-electron chi connectivity index (χ3n) is 2.08. The first-order chi connectivity index (χ1) is 9.08. The summed E-state index contributed by atoms with van der Waals surface area (Å²) in [6.45, 7) is 3.52. The summed E-state index contributed by atoms with van der Waals surface area (Å²) in [7, 11) is 0. The van der Waals surface area contributed by atoms with E-state index in [0.717, 1.165) is 0 Å².